The Morgan fingerprint density at radius 2 is 1.83 bits per heavy atom. The van der Waals surface area contributed by atoms with Crippen molar-refractivity contribution in [1.29, 1.82) is 0 Å². The second kappa shape index (κ2) is 14.3. The highest BCUT2D eigenvalue weighted by Gasteiger charge is 2.54. The van der Waals surface area contributed by atoms with Crippen LogP contribution in [-0.4, -0.2) is 101 Å². The summed E-state index contributed by atoms with van der Waals surface area (Å²) in [6.45, 7) is 13.5. The molecule has 10 nitrogen and oxygen atoms in total. The van der Waals surface area contributed by atoms with Crippen molar-refractivity contribution in [3.8, 4) is 17.2 Å². The topological polar surface area (TPSA) is 87.2 Å². The number of ether oxygens (including phenoxy) is 2. The van der Waals surface area contributed by atoms with Crippen LogP contribution in [0.4, 0.5) is 10.2 Å². The van der Waals surface area contributed by atoms with E-state index >= 15 is 0 Å². The molecule has 3 aliphatic heterocycles. The number of carbonyl (C=O) groups is 1. The zero-order chi connectivity index (χ0) is 34.0. The van der Waals surface area contributed by atoms with Crippen molar-refractivity contribution in [1.82, 2.24) is 29.7 Å². The molecular weight excluding hydrogens is 609 g/mol. The Labute approximate surface area is 284 Å². The number of benzene rings is 1. The van der Waals surface area contributed by atoms with Gasteiger partial charge >= 0.3 is 0 Å². The van der Waals surface area contributed by atoms with E-state index in [9.17, 15) is 9.18 Å². The molecule has 258 valence electrons. The predicted molar refractivity (Wildman–Crippen MR) is 184 cm³/mol. The second-order valence-electron chi connectivity index (χ2n) is 14.2. The molecule has 1 atom stereocenters. The van der Waals surface area contributed by atoms with Crippen LogP contribution in [0, 0.1) is 11.2 Å². The Hall–Kier alpha value is -3.83. The molecule has 1 spiro atoms. The summed E-state index contributed by atoms with van der Waals surface area (Å²) in [6, 6.07) is 6.52. The fourth-order valence-electron chi connectivity index (χ4n) is 7.56. The van der Waals surface area contributed by atoms with Crippen LogP contribution in [-0.2, 0) is 6.42 Å². The average Bonchev–Trinajstić information content (AvgIpc) is 3.52. The summed E-state index contributed by atoms with van der Waals surface area (Å²) in [5, 5.41) is 0. The smallest absolute Gasteiger partial charge is 0.257 e. The first-order valence-electron chi connectivity index (χ1n) is 17.5. The Balaban J connectivity index is 0.000000749. The summed E-state index contributed by atoms with van der Waals surface area (Å²) in [6.07, 6.45) is 10.6. The Morgan fingerprint density at radius 3 is 2.54 bits per heavy atom. The molecule has 1 aromatic carbocycles. The SMILES string of the molecule is CCN(C(=O)c1cc(F)ccc1Oc1cncnc1N1CC2(CC(Oc3ccnc4c3C3CCCN3CC4)C2)C1)C(C)C.CCN(C)C. The number of amides is 1. The normalized spacial score (nSPS) is 19.6. The predicted octanol–water partition coefficient (Wildman–Crippen LogP) is 5.98. The minimum absolute atomic E-state index is 0.0295. The Morgan fingerprint density at radius 1 is 1.06 bits per heavy atom. The molecule has 48 heavy (non-hydrogen) atoms. The summed E-state index contributed by atoms with van der Waals surface area (Å²) in [5.41, 5.74) is 2.90. The molecule has 11 heteroatoms. The van der Waals surface area contributed by atoms with Gasteiger partial charge in [-0.05, 0) is 97.9 Å². The highest BCUT2D eigenvalue weighted by molar-refractivity contribution is 5.97. The minimum atomic E-state index is -0.487. The van der Waals surface area contributed by atoms with Gasteiger partial charge in [0.1, 0.15) is 29.7 Å². The molecule has 1 amide bonds. The van der Waals surface area contributed by atoms with E-state index in [0.717, 1.165) is 51.2 Å². The quantitative estimate of drug-likeness (QED) is 0.275. The van der Waals surface area contributed by atoms with Crippen molar-refractivity contribution in [2.24, 2.45) is 5.41 Å². The molecule has 0 radical (unpaired) electrons. The highest BCUT2D eigenvalue weighted by atomic mass is 19.1. The second-order valence-corrected chi connectivity index (χ2v) is 14.2. The standard InChI is InChI=1S/C33H39FN6O3.C4H11N/c1-4-40(21(2)3)32(41)24-14-22(34)7-8-27(24)43-29-17-35-20-37-31(29)39-18-33(19-39)15-23(16-33)42-28-9-11-36-25-10-13-38-12-5-6-26(38)30(25)28;1-4-5(2)3/h7-9,11,14,17,20-21,23,26H,4-6,10,12-13,15-16,18-19H2,1-3H3;4H2,1-3H3. The van der Waals surface area contributed by atoms with Gasteiger partial charge in [-0.25, -0.2) is 14.4 Å². The van der Waals surface area contributed by atoms with Crippen LogP contribution >= 0.6 is 0 Å². The number of nitrogens with zero attached hydrogens (tertiary/aromatic N) is 7. The summed E-state index contributed by atoms with van der Waals surface area (Å²) in [4.78, 5) is 35.3. The highest BCUT2D eigenvalue weighted by Crippen LogP contribution is 2.53. The lowest BCUT2D eigenvalue weighted by Crippen LogP contribution is -2.65. The van der Waals surface area contributed by atoms with Gasteiger partial charge in [0.15, 0.2) is 11.6 Å². The number of hydrogen-bond donors (Lipinski definition) is 0. The molecule has 5 heterocycles. The molecule has 4 aliphatic rings. The largest absolute Gasteiger partial charge is 0.490 e. The van der Waals surface area contributed by atoms with E-state index < -0.39 is 5.82 Å². The lowest BCUT2D eigenvalue weighted by Gasteiger charge is -2.59. The maximum atomic E-state index is 14.3. The van der Waals surface area contributed by atoms with E-state index in [-0.39, 0.29) is 34.8 Å². The van der Waals surface area contributed by atoms with E-state index in [1.165, 1.54) is 55.2 Å². The van der Waals surface area contributed by atoms with Crippen molar-refractivity contribution in [3.63, 3.8) is 0 Å². The van der Waals surface area contributed by atoms with Crippen molar-refractivity contribution in [3.05, 3.63) is 65.6 Å². The van der Waals surface area contributed by atoms with Gasteiger partial charge in [0.2, 0.25) is 0 Å². The molecule has 7 rings (SSSR count). The van der Waals surface area contributed by atoms with Crippen molar-refractivity contribution < 1.29 is 18.7 Å². The zero-order valence-corrected chi connectivity index (χ0v) is 29.3. The van der Waals surface area contributed by atoms with Crippen LogP contribution in [0.5, 0.6) is 17.2 Å². The van der Waals surface area contributed by atoms with Gasteiger partial charge in [-0.1, -0.05) is 6.92 Å². The van der Waals surface area contributed by atoms with Crippen molar-refractivity contribution in [2.45, 2.75) is 78.0 Å². The first kappa shape index (κ1) is 34.0. The lowest BCUT2D eigenvalue weighted by molar-refractivity contribution is -0.0355. The van der Waals surface area contributed by atoms with Crippen molar-refractivity contribution >= 4 is 11.7 Å². The summed E-state index contributed by atoms with van der Waals surface area (Å²) in [5.74, 6) is 1.67. The van der Waals surface area contributed by atoms with Gasteiger partial charge in [-0.15, -0.1) is 0 Å². The lowest BCUT2D eigenvalue weighted by atomic mass is 9.61. The number of carbonyl (C=O) groups excluding carboxylic acids is 1. The fraction of sp³-hybridized carbons (Fsp3) is 0.568. The van der Waals surface area contributed by atoms with Crippen LogP contribution in [0.25, 0.3) is 0 Å². The number of aromatic nitrogens is 3. The first-order chi connectivity index (χ1) is 23.1. The minimum Gasteiger partial charge on any atom is -0.490 e. The average molecular weight is 660 g/mol. The maximum absolute atomic E-state index is 14.3. The first-order valence-corrected chi connectivity index (χ1v) is 17.5. The molecule has 3 aromatic rings. The molecule has 1 aliphatic carbocycles. The van der Waals surface area contributed by atoms with Gasteiger partial charge in [-0.2, -0.15) is 0 Å². The summed E-state index contributed by atoms with van der Waals surface area (Å²) >= 11 is 0. The van der Waals surface area contributed by atoms with Crippen LogP contribution in [0.3, 0.4) is 0 Å². The number of rotatable bonds is 9. The Kier molecular flexibility index (Phi) is 10.2. The molecule has 2 aromatic heterocycles. The number of anilines is 1. The molecule has 2 saturated heterocycles. The van der Waals surface area contributed by atoms with E-state index in [4.69, 9.17) is 14.5 Å². The van der Waals surface area contributed by atoms with Gasteiger partial charge in [0, 0.05) is 61.9 Å². The summed E-state index contributed by atoms with van der Waals surface area (Å²) in [7, 11) is 4.11. The molecule has 1 unspecified atom stereocenters. The van der Waals surface area contributed by atoms with E-state index in [2.05, 4.69) is 51.8 Å². The molecule has 1 saturated carbocycles. The van der Waals surface area contributed by atoms with Gasteiger partial charge in [-0.3, -0.25) is 14.7 Å². The zero-order valence-electron chi connectivity index (χ0n) is 29.3. The van der Waals surface area contributed by atoms with Crippen LogP contribution < -0.4 is 14.4 Å². The fourth-order valence-corrected chi connectivity index (χ4v) is 7.56. The van der Waals surface area contributed by atoms with Crippen LogP contribution in [0.15, 0.2) is 43.0 Å². The monoisotopic (exact) mass is 659 g/mol. The molecule has 3 fully saturated rings. The van der Waals surface area contributed by atoms with E-state index in [0.29, 0.717) is 24.2 Å². The number of halogens is 1. The van der Waals surface area contributed by atoms with E-state index in [1.54, 1.807) is 11.1 Å². The van der Waals surface area contributed by atoms with E-state index in [1.807, 2.05) is 27.0 Å². The third kappa shape index (κ3) is 6.98. The van der Waals surface area contributed by atoms with Crippen molar-refractivity contribution in [2.75, 3.05) is 58.3 Å². The van der Waals surface area contributed by atoms with Gasteiger partial charge < -0.3 is 24.2 Å². The number of pyridine rings is 1. The van der Waals surface area contributed by atoms with Crippen LogP contribution in [0.1, 0.15) is 81.0 Å². The third-order valence-electron chi connectivity index (χ3n) is 10.2. The van der Waals surface area contributed by atoms with Gasteiger partial charge in [0.05, 0.1) is 17.5 Å². The molecular formula is C37H50FN7O3. The third-order valence-corrected chi connectivity index (χ3v) is 10.2. The van der Waals surface area contributed by atoms with Gasteiger partial charge in [0.25, 0.3) is 5.91 Å². The molecule has 0 N–H and O–H groups in total. The number of hydrogen-bond acceptors (Lipinski definition) is 9. The number of fused-ring (bicyclic) bond motifs is 3. The maximum Gasteiger partial charge on any atom is 0.257 e. The molecule has 0 bridgehead atoms. The Bertz CT molecular complexity index is 1590. The van der Waals surface area contributed by atoms with Crippen LogP contribution in [0.2, 0.25) is 0 Å². The summed E-state index contributed by atoms with van der Waals surface area (Å²) < 4.78 is 27.1.